The molecule has 0 aromatic heterocycles. The van der Waals surface area contributed by atoms with Gasteiger partial charge in [0.1, 0.15) is 6.04 Å². The number of esters is 2. The third-order valence-electron chi connectivity index (χ3n) is 3.16. The highest BCUT2D eigenvalue weighted by Crippen LogP contribution is 2.28. The third-order valence-corrected chi connectivity index (χ3v) is 3.16. The Kier molecular flexibility index (Phi) is 9.30. The van der Waals surface area contributed by atoms with E-state index < -0.39 is 23.1 Å². The van der Waals surface area contributed by atoms with Crippen LogP contribution in [0.15, 0.2) is 24.3 Å². The molecule has 27 heavy (non-hydrogen) atoms. The molecule has 148 valence electrons. The summed E-state index contributed by atoms with van der Waals surface area (Å²) in [7, 11) is 1.42. The summed E-state index contributed by atoms with van der Waals surface area (Å²) in [6.07, 6.45) is 3.59. The Balaban J connectivity index is 2.51. The molecule has 0 aliphatic heterocycles. The predicted molar refractivity (Wildman–Crippen MR) is 94.5 cm³/mol. The van der Waals surface area contributed by atoms with E-state index >= 15 is 0 Å². The zero-order chi connectivity index (χ0) is 20.2. The zero-order valence-corrected chi connectivity index (χ0v) is 15.1. The van der Waals surface area contributed by atoms with E-state index in [1.54, 1.807) is 12.1 Å². The molecule has 0 bridgehead atoms. The van der Waals surface area contributed by atoms with Crippen LogP contribution in [0.3, 0.4) is 0 Å². The number of ether oxygens (including phenoxy) is 3. The number of rotatable bonds is 11. The number of unbranched alkanes of at least 4 members (excludes halogenated alkanes) is 1. The van der Waals surface area contributed by atoms with Gasteiger partial charge < -0.3 is 24.8 Å². The Morgan fingerprint density at radius 2 is 1.96 bits per heavy atom. The van der Waals surface area contributed by atoms with Crippen molar-refractivity contribution in [2.24, 2.45) is 5.73 Å². The molecular formula is C17H22N2O8. The molecular weight excluding hydrogens is 360 g/mol. The summed E-state index contributed by atoms with van der Waals surface area (Å²) in [4.78, 5) is 37.3. The minimum absolute atomic E-state index is 0.0416. The highest BCUT2D eigenvalue weighted by molar-refractivity contribution is 5.87. The number of benzene rings is 1. The fourth-order valence-corrected chi connectivity index (χ4v) is 1.80. The Morgan fingerprint density at radius 3 is 2.59 bits per heavy atom. The molecule has 0 saturated carbocycles. The molecule has 0 amide bonds. The molecule has 10 heteroatoms. The van der Waals surface area contributed by atoms with Gasteiger partial charge in [-0.05, 0) is 43.5 Å². The molecule has 1 atom stereocenters. The van der Waals surface area contributed by atoms with Crippen molar-refractivity contribution in [2.75, 3.05) is 20.3 Å². The summed E-state index contributed by atoms with van der Waals surface area (Å²) in [5, 5.41) is 9.09. The first-order valence-electron chi connectivity index (χ1n) is 8.11. The van der Waals surface area contributed by atoms with E-state index in [2.05, 4.69) is 4.84 Å². The van der Waals surface area contributed by atoms with Crippen molar-refractivity contribution in [3.05, 3.63) is 40.0 Å². The molecule has 0 aliphatic rings. The number of hydrogen-bond acceptors (Lipinski definition) is 9. The average molecular weight is 382 g/mol. The lowest BCUT2D eigenvalue weighted by molar-refractivity contribution is -0.757. The molecule has 1 unspecified atom stereocenters. The lowest BCUT2D eigenvalue weighted by atomic mass is 10.2. The number of hydrogen-bond donors (Lipinski definition) is 1. The van der Waals surface area contributed by atoms with Crippen molar-refractivity contribution in [1.82, 2.24) is 0 Å². The first-order chi connectivity index (χ1) is 12.8. The molecule has 0 fully saturated rings. The second kappa shape index (κ2) is 11.5. The number of carbonyl (C=O) groups excluding carboxylic acids is 2. The van der Waals surface area contributed by atoms with Crippen molar-refractivity contribution >= 4 is 18.0 Å². The Labute approximate surface area is 155 Å². The number of methoxy groups -OCH3 is 1. The molecule has 0 heterocycles. The Hall–Kier alpha value is -3.14. The largest absolute Gasteiger partial charge is 0.493 e. The monoisotopic (exact) mass is 382 g/mol. The number of nitrogens with two attached hydrogens (primary N) is 1. The molecule has 1 aromatic rings. The van der Waals surface area contributed by atoms with E-state index in [0.717, 1.165) is 0 Å². The second-order valence-electron chi connectivity index (χ2n) is 5.38. The van der Waals surface area contributed by atoms with Crippen molar-refractivity contribution < 1.29 is 33.7 Å². The average Bonchev–Trinajstić information content (AvgIpc) is 2.63. The number of carbonyl (C=O) groups is 2. The summed E-state index contributed by atoms with van der Waals surface area (Å²) < 4.78 is 15.3. The topological polar surface area (TPSA) is 140 Å². The van der Waals surface area contributed by atoms with Gasteiger partial charge in [-0.1, -0.05) is 6.07 Å². The third kappa shape index (κ3) is 8.68. The molecule has 0 saturated heterocycles. The molecule has 0 spiro atoms. The summed E-state index contributed by atoms with van der Waals surface area (Å²) >= 11 is 0. The maximum absolute atomic E-state index is 11.6. The molecule has 10 nitrogen and oxygen atoms in total. The van der Waals surface area contributed by atoms with Gasteiger partial charge in [-0.2, -0.15) is 0 Å². The van der Waals surface area contributed by atoms with Crippen LogP contribution in [0.1, 0.15) is 25.3 Å². The maximum atomic E-state index is 11.6. The molecule has 2 N–H and O–H groups in total. The quantitative estimate of drug-likeness (QED) is 0.150. The van der Waals surface area contributed by atoms with Crippen LogP contribution in [0.5, 0.6) is 11.5 Å². The van der Waals surface area contributed by atoms with Gasteiger partial charge in [-0.25, -0.2) is 9.59 Å². The lowest BCUT2D eigenvalue weighted by Gasteiger charge is -2.11. The highest BCUT2D eigenvalue weighted by Gasteiger charge is 2.13. The van der Waals surface area contributed by atoms with Gasteiger partial charge in [-0.3, -0.25) is 0 Å². The first-order valence-corrected chi connectivity index (χ1v) is 8.11. The molecule has 0 aliphatic carbocycles. The molecule has 1 rings (SSSR count). The van der Waals surface area contributed by atoms with Gasteiger partial charge in [-0.15, -0.1) is 10.1 Å². The summed E-state index contributed by atoms with van der Waals surface area (Å²) in [6, 6.07) is 3.97. The van der Waals surface area contributed by atoms with Crippen LogP contribution in [-0.2, 0) is 19.2 Å². The van der Waals surface area contributed by atoms with Crippen LogP contribution >= 0.6 is 0 Å². The van der Waals surface area contributed by atoms with E-state index in [9.17, 15) is 19.7 Å². The fraction of sp³-hybridized carbons (Fsp3) is 0.412. The van der Waals surface area contributed by atoms with Crippen LogP contribution in [-0.4, -0.2) is 43.4 Å². The molecule has 1 aromatic carbocycles. The summed E-state index contributed by atoms with van der Waals surface area (Å²) in [5.41, 5.74) is 6.08. The summed E-state index contributed by atoms with van der Waals surface area (Å²) in [5.74, 6) is -0.623. The standard InChI is InChI=1S/C17H22N2O8/c1-12(18)17(21)27-14-7-5-13(11-15(14)24-2)6-8-16(20)25-9-3-4-10-26-19(22)23/h5-8,11-12H,3-4,9-10,18H2,1-2H3. The van der Waals surface area contributed by atoms with Crippen LogP contribution < -0.4 is 15.2 Å². The SMILES string of the molecule is COc1cc(C=CC(=O)OCCCCO[N+](=O)[O-])ccc1OC(=O)C(C)N. The van der Waals surface area contributed by atoms with Crippen molar-refractivity contribution in [3.8, 4) is 11.5 Å². The minimum Gasteiger partial charge on any atom is -0.493 e. The van der Waals surface area contributed by atoms with Crippen LogP contribution in [0.25, 0.3) is 6.08 Å². The van der Waals surface area contributed by atoms with Gasteiger partial charge >= 0.3 is 11.9 Å². The highest BCUT2D eigenvalue weighted by atomic mass is 16.9. The Bertz CT molecular complexity index is 688. The van der Waals surface area contributed by atoms with E-state index in [4.69, 9.17) is 19.9 Å². The van der Waals surface area contributed by atoms with Crippen molar-refractivity contribution in [1.29, 1.82) is 0 Å². The van der Waals surface area contributed by atoms with E-state index in [-0.39, 0.29) is 19.0 Å². The van der Waals surface area contributed by atoms with E-state index in [1.165, 1.54) is 32.3 Å². The fourth-order valence-electron chi connectivity index (χ4n) is 1.80. The van der Waals surface area contributed by atoms with E-state index in [1.807, 2.05) is 0 Å². The van der Waals surface area contributed by atoms with Gasteiger partial charge in [0.15, 0.2) is 11.5 Å². The lowest BCUT2D eigenvalue weighted by Crippen LogP contribution is -2.30. The normalized spacial score (nSPS) is 11.7. The first kappa shape index (κ1) is 21.9. The maximum Gasteiger partial charge on any atom is 0.330 e. The smallest absolute Gasteiger partial charge is 0.330 e. The number of nitrogens with zero attached hydrogens (tertiary/aromatic N) is 1. The van der Waals surface area contributed by atoms with E-state index in [0.29, 0.717) is 24.2 Å². The van der Waals surface area contributed by atoms with Gasteiger partial charge in [0.2, 0.25) is 0 Å². The Morgan fingerprint density at radius 1 is 1.26 bits per heavy atom. The van der Waals surface area contributed by atoms with Crippen molar-refractivity contribution in [3.63, 3.8) is 0 Å². The van der Waals surface area contributed by atoms with Gasteiger partial charge in [0, 0.05) is 6.08 Å². The minimum atomic E-state index is -0.869. The molecule has 0 radical (unpaired) electrons. The van der Waals surface area contributed by atoms with Crippen LogP contribution in [0, 0.1) is 10.1 Å². The van der Waals surface area contributed by atoms with Gasteiger partial charge in [0.05, 0.1) is 20.3 Å². The van der Waals surface area contributed by atoms with Gasteiger partial charge in [0.25, 0.3) is 5.09 Å². The predicted octanol–water partition coefficient (Wildman–Crippen LogP) is 1.49. The van der Waals surface area contributed by atoms with Crippen LogP contribution in [0.2, 0.25) is 0 Å². The summed E-state index contributed by atoms with van der Waals surface area (Å²) in [6.45, 7) is 1.59. The van der Waals surface area contributed by atoms with Crippen LogP contribution in [0.4, 0.5) is 0 Å². The second-order valence-corrected chi connectivity index (χ2v) is 5.38. The van der Waals surface area contributed by atoms with Crippen molar-refractivity contribution in [2.45, 2.75) is 25.8 Å². The zero-order valence-electron chi connectivity index (χ0n) is 15.1.